The van der Waals surface area contributed by atoms with Crippen molar-refractivity contribution in [2.24, 2.45) is 10.8 Å². The maximum absolute atomic E-state index is 12.8. The van der Waals surface area contributed by atoms with Crippen molar-refractivity contribution in [3.63, 3.8) is 0 Å². The summed E-state index contributed by atoms with van der Waals surface area (Å²) in [5.74, 6) is -2.65. The van der Waals surface area contributed by atoms with Gasteiger partial charge >= 0.3 is 40.9 Å². The van der Waals surface area contributed by atoms with Gasteiger partial charge in [-0.1, -0.05) is 0 Å². The minimum atomic E-state index is -4.94. The molecular weight excluding hydrogens is 711 g/mol. The molecule has 0 bridgehead atoms. The van der Waals surface area contributed by atoms with Crippen LogP contribution in [-0.2, 0) is 55.2 Å². The molecule has 0 unspecified atom stereocenters. The third kappa shape index (κ3) is 21.8. The second-order valence-corrected chi connectivity index (χ2v) is 10.0. The van der Waals surface area contributed by atoms with Crippen molar-refractivity contribution in [2.45, 2.75) is 27.7 Å². The van der Waals surface area contributed by atoms with E-state index in [1.54, 1.807) is 27.7 Å². The van der Waals surface area contributed by atoms with Crippen molar-refractivity contribution in [2.75, 3.05) is 78.8 Å². The fourth-order valence-electron chi connectivity index (χ4n) is 3.51. The normalized spacial score (nSPS) is 17.2. The van der Waals surface area contributed by atoms with E-state index < -0.39 is 55.2 Å². The Bertz CT molecular complexity index is 728. The van der Waals surface area contributed by atoms with Gasteiger partial charge in [-0.15, -0.1) is 20.5 Å². The topological polar surface area (TPSA) is 338 Å². The van der Waals surface area contributed by atoms with Gasteiger partial charge in [0.15, 0.2) is 10.8 Å². The minimum absolute atomic E-state index is 0. The molecule has 1 rings (SSSR count). The molecule has 0 amide bonds. The Morgan fingerprint density at radius 1 is 0.489 bits per heavy atom. The van der Waals surface area contributed by atoms with Crippen molar-refractivity contribution < 1.29 is 113 Å². The fraction of sp³-hybridized carbons (Fsp3) is 0.818. The minimum Gasteiger partial charge on any atom is -0.465 e. The zero-order valence-corrected chi connectivity index (χ0v) is 27.5. The Kier molecular flexibility index (Phi) is 26.2. The Labute approximate surface area is 275 Å². The number of hydrogen-bond donors (Lipinski definition) is 4. The summed E-state index contributed by atoms with van der Waals surface area (Å²) in [7, 11) is -9.89. The number of halogens is 2. The monoisotopic (exact) mass is 749 g/mol. The third-order valence-corrected chi connectivity index (χ3v) is 5.33. The molecule has 23 heteroatoms. The first-order valence-corrected chi connectivity index (χ1v) is 15.6. The smallest absolute Gasteiger partial charge is 0.465 e. The van der Waals surface area contributed by atoms with E-state index >= 15 is 0 Å². The maximum Gasteiger partial charge on any atom is 2.00 e. The van der Waals surface area contributed by atoms with Crippen molar-refractivity contribution in [1.29, 1.82) is 0 Å². The molecule has 1 saturated heterocycles. The van der Waals surface area contributed by atoms with E-state index in [0.29, 0.717) is 26.2 Å². The first kappa shape index (κ1) is 47.9. The predicted molar refractivity (Wildman–Crippen MR) is 123 cm³/mol. The molecule has 0 aliphatic carbocycles. The van der Waals surface area contributed by atoms with Gasteiger partial charge in [0.05, 0.1) is 26.4 Å². The number of hydrogen-bond acceptors (Lipinski definition) is 20. The summed E-state index contributed by atoms with van der Waals surface area (Å²) in [4.78, 5) is 51.2. The number of nitrogens with one attached hydrogen (secondary N) is 4. The zero-order chi connectivity index (χ0) is 34.5. The van der Waals surface area contributed by atoms with E-state index in [2.05, 4.69) is 21.3 Å². The van der Waals surface area contributed by atoms with Crippen molar-refractivity contribution in [1.82, 2.24) is 21.3 Å². The molecule has 0 saturated carbocycles. The summed E-state index contributed by atoms with van der Waals surface area (Å²) in [5, 5.41) is 12.4. The quantitative estimate of drug-likeness (QED) is 0.0774. The average molecular weight is 751 g/mol. The molecule has 1 aliphatic heterocycles. The summed E-state index contributed by atoms with van der Waals surface area (Å²) in [6.07, 6.45) is 0. The molecule has 0 aromatic rings. The van der Waals surface area contributed by atoms with E-state index in [-0.39, 0.29) is 69.7 Å². The molecule has 0 aromatic heterocycles. The summed E-state index contributed by atoms with van der Waals surface area (Å²) >= 11 is 0. The van der Waals surface area contributed by atoms with Crippen LogP contribution in [0.2, 0.25) is 0 Å². The van der Waals surface area contributed by atoms with E-state index in [9.17, 15) is 19.2 Å². The SMILES string of the molecule is CCOC(=O)C1(C(=O)OCC)CNCCNCC(C(=O)OCC)(C(=O)OCC)CNCCNC1.[Cu+2].[O-][Cl+3]([O-])([O-])[O-].[O-][Cl+3]([O-])([O-])[O-]. The average Bonchev–Trinajstić information content (AvgIpc) is 2.88. The van der Waals surface area contributed by atoms with Gasteiger partial charge in [0.1, 0.15) is 0 Å². The third-order valence-electron chi connectivity index (χ3n) is 5.33. The predicted octanol–water partition coefficient (Wildman–Crippen LogP) is -10.9. The zero-order valence-electron chi connectivity index (χ0n) is 25.1. The molecule has 269 valence electrons. The van der Waals surface area contributed by atoms with E-state index in [4.69, 9.17) is 56.2 Å². The molecule has 45 heavy (non-hydrogen) atoms. The molecule has 1 aliphatic rings. The maximum atomic E-state index is 12.8. The van der Waals surface area contributed by atoms with E-state index in [1.165, 1.54) is 0 Å². The van der Waals surface area contributed by atoms with Crippen molar-refractivity contribution >= 4 is 23.9 Å². The number of carbonyl (C=O) groups excluding carboxylic acids is 4. The van der Waals surface area contributed by atoms with Crippen LogP contribution in [0.1, 0.15) is 27.7 Å². The van der Waals surface area contributed by atoms with Gasteiger partial charge in [-0.25, -0.2) is 37.3 Å². The largest absolute Gasteiger partial charge is 2.00 e. The van der Waals surface area contributed by atoms with E-state index in [1.807, 2.05) is 0 Å². The molecule has 1 heterocycles. The van der Waals surface area contributed by atoms with E-state index in [0.717, 1.165) is 0 Å². The van der Waals surface area contributed by atoms with Gasteiger partial charge in [-0.2, -0.15) is 0 Å². The molecular formula is C22H40Cl2CuN4O16. The van der Waals surface area contributed by atoms with Crippen molar-refractivity contribution in [3.05, 3.63) is 0 Å². The molecule has 1 fully saturated rings. The number of esters is 4. The summed E-state index contributed by atoms with van der Waals surface area (Å²) < 4.78 is 88.7. The van der Waals surface area contributed by atoms with Gasteiger partial charge < -0.3 is 40.2 Å². The molecule has 20 nitrogen and oxygen atoms in total. The Morgan fingerprint density at radius 2 is 0.644 bits per heavy atom. The van der Waals surface area contributed by atoms with Crippen molar-refractivity contribution in [3.8, 4) is 0 Å². The Balaban J connectivity index is -0.00000138. The molecule has 0 atom stereocenters. The van der Waals surface area contributed by atoms with Crippen LogP contribution in [0.3, 0.4) is 0 Å². The first-order valence-electron chi connectivity index (χ1n) is 13.1. The number of ether oxygens (including phenoxy) is 4. The van der Waals surface area contributed by atoms with Gasteiger partial charge in [0.25, 0.3) is 0 Å². The molecule has 0 spiro atoms. The summed E-state index contributed by atoms with van der Waals surface area (Å²) in [5.41, 5.74) is -3.09. The van der Waals surface area contributed by atoms with Crippen LogP contribution in [0.15, 0.2) is 0 Å². The summed E-state index contributed by atoms with van der Waals surface area (Å²) in [6, 6.07) is 0. The number of rotatable bonds is 8. The van der Waals surface area contributed by atoms with Crippen LogP contribution in [0.25, 0.3) is 0 Å². The van der Waals surface area contributed by atoms with Crippen LogP contribution in [0, 0.1) is 31.3 Å². The first-order chi connectivity index (χ1) is 20.3. The Hall–Kier alpha value is -1.50. The van der Waals surface area contributed by atoms with Gasteiger partial charge in [-0.3, -0.25) is 19.2 Å². The van der Waals surface area contributed by atoms with Crippen LogP contribution < -0.4 is 58.5 Å². The van der Waals surface area contributed by atoms with Crippen LogP contribution in [0.4, 0.5) is 0 Å². The van der Waals surface area contributed by atoms with Crippen LogP contribution >= 0.6 is 0 Å². The van der Waals surface area contributed by atoms with Gasteiger partial charge in [0.2, 0.25) is 0 Å². The standard InChI is InChI=1S/C22H40N4O8.2ClHO4.Cu/c1-5-31-17(27)21(18(28)32-6-2)13-23-9-11-25-15-22(19(29)33-7-3,20(30)34-8-4)16-26-12-10-24-14-21;2*2-1(3,4)5;/h23-26H,5-16H2,1-4H3;2*(H,2,3,4,5);/q;;;+2/p-2. The fourth-order valence-corrected chi connectivity index (χ4v) is 3.51. The summed E-state index contributed by atoms with van der Waals surface area (Å²) in [6.45, 7) is 8.57. The molecule has 1 radical (unpaired) electrons. The molecule has 4 N–H and O–H groups in total. The van der Waals surface area contributed by atoms with Crippen LogP contribution in [0.5, 0.6) is 0 Å². The van der Waals surface area contributed by atoms with Gasteiger partial charge in [0, 0.05) is 52.4 Å². The number of carbonyl (C=O) groups is 4. The van der Waals surface area contributed by atoms with Gasteiger partial charge in [-0.05, 0) is 27.7 Å². The molecule has 0 aromatic carbocycles. The Morgan fingerprint density at radius 3 is 0.778 bits per heavy atom. The van der Waals surface area contributed by atoms with Crippen LogP contribution in [-0.4, -0.2) is 103 Å². The second-order valence-electron chi connectivity index (χ2n) is 8.51. The second kappa shape index (κ2) is 24.6.